The number of thioether (sulfide) groups is 1. The van der Waals surface area contributed by atoms with Gasteiger partial charge in [0.05, 0.1) is 27.6 Å². The van der Waals surface area contributed by atoms with Crippen LogP contribution in [0, 0.1) is 11.3 Å². The van der Waals surface area contributed by atoms with Crippen molar-refractivity contribution in [3.05, 3.63) is 62.5 Å². The van der Waals surface area contributed by atoms with Gasteiger partial charge in [-0.15, -0.1) is 0 Å². The quantitative estimate of drug-likeness (QED) is 0.512. The largest absolute Gasteiger partial charge is 0.490 e. The number of imide groups is 1. The van der Waals surface area contributed by atoms with E-state index in [1.165, 1.54) is 6.08 Å². The summed E-state index contributed by atoms with van der Waals surface area (Å²) >= 11 is 4.13. The number of nitrogens with zero attached hydrogens (tertiary/aromatic N) is 2. The van der Waals surface area contributed by atoms with Crippen molar-refractivity contribution in [3.63, 3.8) is 0 Å². The Bertz CT molecular complexity index is 1160. The minimum Gasteiger partial charge on any atom is -0.490 e. The van der Waals surface area contributed by atoms with Crippen molar-refractivity contribution in [2.75, 3.05) is 13.2 Å². The number of hydrogen-bond donors (Lipinski definition) is 1. The fourth-order valence-corrected chi connectivity index (χ4v) is 4.31. The van der Waals surface area contributed by atoms with Gasteiger partial charge in [0.15, 0.2) is 11.5 Å². The number of rotatable bonds is 8. The average molecular weight is 517 g/mol. The number of hydrogen-bond acceptors (Lipinski definition) is 7. The van der Waals surface area contributed by atoms with E-state index in [1.54, 1.807) is 30.3 Å². The van der Waals surface area contributed by atoms with E-state index in [0.29, 0.717) is 50.4 Å². The molecule has 8 nitrogen and oxygen atoms in total. The van der Waals surface area contributed by atoms with Gasteiger partial charge >= 0.3 is 5.97 Å². The fourth-order valence-electron chi connectivity index (χ4n) is 2.90. The first-order chi connectivity index (χ1) is 15.3. The lowest BCUT2D eigenvalue weighted by atomic mass is 10.1. The number of halogens is 1. The first-order valence-electron chi connectivity index (χ1n) is 9.38. The lowest BCUT2D eigenvalue weighted by molar-refractivity contribution is -0.140. The second kappa shape index (κ2) is 10.3. The van der Waals surface area contributed by atoms with Gasteiger partial charge in [-0.3, -0.25) is 19.3 Å². The highest BCUT2D eigenvalue weighted by molar-refractivity contribution is 9.10. The Morgan fingerprint density at radius 2 is 2.03 bits per heavy atom. The van der Waals surface area contributed by atoms with Crippen molar-refractivity contribution < 1.29 is 29.0 Å². The van der Waals surface area contributed by atoms with Gasteiger partial charge in [0, 0.05) is 5.56 Å². The number of ether oxygens (including phenoxy) is 2. The summed E-state index contributed by atoms with van der Waals surface area (Å²) in [5.41, 5.74) is 1.79. The first-order valence-corrected chi connectivity index (χ1v) is 11.0. The van der Waals surface area contributed by atoms with Crippen LogP contribution in [0.5, 0.6) is 11.5 Å². The van der Waals surface area contributed by atoms with Gasteiger partial charge in [0.2, 0.25) is 0 Å². The SMILES string of the molecule is CCOc1cc(/C=C2/SC(=O)N(CC(=O)O)C2=O)cc(Br)c1OCc1ccccc1C#N. The van der Waals surface area contributed by atoms with Crippen molar-refractivity contribution in [2.24, 2.45) is 0 Å². The minimum atomic E-state index is -1.27. The zero-order valence-electron chi connectivity index (χ0n) is 16.8. The van der Waals surface area contributed by atoms with Crippen molar-refractivity contribution in [3.8, 4) is 17.6 Å². The Hall–Kier alpha value is -3.29. The highest BCUT2D eigenvalue weighted by atomic mass is 79.9. The summed E-state index contributed by atoms with van der Waals surface area (Å²) in [6, 6.07) is 12.6. The van der Waals surface area contributed by atoms with Crippen molar-refractivity contribution >= 4 is 50.9 Å². The van der Waals surface area contributed by atoms with E-state index in [9.17, 15) is 19.6 Å². The third-order valence-corrected chi connectivity index (χ3v) is 5.80. The molecule has 1 saturated heterocycles. The molecule has 0 aliphatic carbocycles. The highest BCUT2D eigenvalue weighted by Gasteiger charge is 2.36. The predicted molar refractivity (Wildman–Crippen MR) is 121 cm³/mol. The van der Waals surface area contributed by atoms with Crippen molar-refractivity contribution in [1.29, 1.82) is 5.26 Å². The number of carboxylic acids is 1. The van der Waals surface area contributed by atoms with Gasteiger partial charge in [-0.2, -0.15) is 5.26 Å². The molecular formula is C22H17BrN2O6S. The van der Waals surface area contributed by atoms with Crippen LogP contribution in [0.15, 0.2) is 45.8 Å². The first kappa shape index (κ1) is 23.4. The molecule has 2 aromatic rings. The van der Waals surface area contributed by atoms with Gasteiger partial charge in [-0.25, -0.2) is 0 Å². The third kappa shape index (κ3) is 5.30. The third-order valence-electron chi connectivity index (χ3n) is 4.31. The molecule has 0 atom stereocenters. The van der Waals surface area contributed by atoms with Crippen LogP contribution >= 0.6 is 27.7 Å². The zero-order valence-corrected chi connectivity index (χ0v) is 19.2. The second-order valence-corrected chi connectivity index (χ2v) is 8.33. The number of amides is 2. The van der Waals surface area contributed by atoms with E-state index in [4.69, 9.17) is 14.6 Å². The topological polar surface area (TPSA) is 117 Å². The van der Waals surface area contributed by atoms with E-state index in [1.807, 2.05) is 13.0 Å². The Morgan fingerprint density at radius 3 is 2.72 bits per heavy atom. The summed E-state index contributed by atoms with van der Waals surface area (Å²) < 4.78 is 12.2. The Morgan fingerprint density at radius 1 is 1.28 bits per heavy atom. The van der Waals surface area contributed by atoms with Crippen molar-refractivity contribution in [1.82, 2.24) is 4.90 Å². The molecule has 1 aliphatic rings. The van der Waals surface area contributed by atoms with Gasteiger partial charge in [-0.05, 0) is 64.5 Å². The van der Waals surface area contributed by atoms with Crippen LogP contribution in [-0.2, 0) is 16.2 Å². The summed E-state index contributed by atoms with van der Waals surface area (Å²) in [6.45, 7) is 1.63. The number of nitriles is 1. The molecule has 164 valence electrons. The number of benzene rings is 2. The number of carbonyl (C=O) groups excluding carboxylic acids is 2. The maximum Gasteiger partial charge on any atom is 0.323 e. The Balaban J connectivity index is 1.88. The fraction of sp³-hybridized carbons (Fsp3) is 0.182. The molecule has 32 heavy (non-hydrogen) atoms. The van der Waals surface area contributed by atoms with E-state index >= 15 is 0 Å². The van der Waals surface area contributed by atoms with Crippen LogP contribution in [0.2, 0.25) is 0 Å². The molecule has 1 fully saturated rings. The molecule has 1 aliphatic heterocycles. The normalized spacial score (nSPS) is 14.5. The highest BCUT2D eigenvalue weighted by Crippen LogP contribution is 2.39. The van der Waals surface area contributed by atoms with Crippen molar-refractivity contribution in [2.45, 2.75) is 13.5 Å². The standard InChI is InChI=1S/C22H17BrN2O6S/c1-2-30-17-8-13(9-18-21(28)25(11-19(26)27)22(29)32-18)7-16(23)20(17)31-12-15-6-4-3-5-14(15)10-24/h3-9H,2,11-12H2,1H3,(H,26,27)/b18-9+. The average Bonchev–Trinajstić information content (AvgIpc) is 3.00. The van der Waals surface area contributed by atoms with Crippen LogP contribution < -0.4 is 9.47 Å². The molecule has 3 rings (SSSR count). The molecule has 0 bridgehead atoms. The van der Waals surface area contributed by atoms with Gasteiger partial charge in [-0.1, -0.05) is 18.2 Å². The van der Waals surface area contributed by atoms with Crippen LogP contribution in [0.1, 0.15) is 23.6 Å². The summed E-state index contributed by atoms with van der Waals surface area (Å²) in [4.78, 5) is 36.0. The molecule has 0 aromatic heterocycles. The van der Waals surface area contributed by atoms with Crippen LogP contribution in [0.3, 0.4) is 0 Å². The Labute approximate surface area is 196 Å². The number of carbonyl (C=O) groups is 3. The van der Waals surface area contributed by atoms with E-state index < -0.39 is 23.7 Å². The lowest BCUT2D eigenvalue weighted by Crippen LogP contribution is -2.33. The van der Waals surface area contributed by atoms with Crippen LogP contribution in [0.25, 0.3) is 6.08 Å². The predicted octanol–water partition coefficient (Wildman–Crippen LogP) is 4.42. The molecule has 1 N–H and O–H groups in total. The van der Waals surface area contributed by atoms with E-state index in [-0.39, 0.29) is 11.5 Å². The maximum atomic E-state index is 12.4. The molecule has 1 heterocycles. The van der Waals surface area contributed by atoms with Gasteiger partial charge in [0.25, 0.3) is 11.1 Å². The zero-order chi connectivity index (χ0) is 23.3. The molecule has 0 radical (unpaired) electrons. The minimum absolute atomic E-state index is 0.113. The molecule has 2 amide bonds. The van der Waals surface area contributed by atoms with Gasteiger partial charge < -0.3 is 14.6 Å². The summed E-state index contributed by atoms with van der Waals surface area (Å²) in [5, 5.41) is 17.5. The molecular weight excluding hydrogens is 500 g/mol. The van der Waals surface area contributed by atoms with E-state index in [2.05, 4.69) is 22.0 Å². The number of carboxylic acid groups (broad SMARTS) is 1. The summed E-state index contributed by atoms with van der Waals surface area (Å²) in [7, 11) is 0. The van der Waals surface area contributed by atoms with Gasteiger partial charge in [0.1, 0.15) is 13.2 Å². The monoisotopic (exact) mass is 516 g/mol. The van der Waals surface area contributed by atoms with Crippen LogP contribution in [-0.4, -0.2) is 40.3 Å². The lowest BCUT2D eigenvalue weighted by Gasteiger charge is -2.15. The molecule has 2 aromatic carbocycles. The molecule has 0 unspecified atom stereocenters. The molecule has 0 saturated carbocycles. The van der Waals surface area contributed by atoms with Crippen LogP contribution in [0.4, 0.5) is 4.79 Å². The summed E-state index contributed by atoms with van der Waals surface area (Å²) in [6.07, 6.45) is 1.49. The Kier molecular flexibility index (Phi) is 7.56. The molecule has 0 spiro atoms. The molecule has 10 heteroatoms. The maximum absolute atomic E-state index is 12.4. The second-order valence-electron chi connectivity index (χ2n) is 6.48. The van der Waals surface area contributed by atoms with E-state index in [0.717, 1.165) is 5.56 Å². The number of aliphatic carboxylic acids is 1. The smallest absolute Gasteiger partial charge is 0.323 e. The summed E-state index contributed by atoms with van der Waals surface area (Å²) in [5.74, 6) is -1.10.